The largest absolute Gasteiger partial charge is 0.335 e. The second kappa shape index (κ2) is 8.15. The summed E-state index contributed by atoms with van der Waals surface area (Å²) in [5.41, 5.74) is 1.51. The SMILES string of the molecule is CC(C)N1C(=O)c2ccc(C(=O)N3CCN(C(=O)c4ccc(Cl)cc4)CC3)cc2C1=O. The lowest BCUT2D eigenvalue weighted by Gasteiger charge is -2.35. The van der Waals surface area contributed by atoms with Gasteiger partial charge in [-0.15, -0.1) is 0 Å². The monoisotopic (exact) mass is 439 g/mol. The average molecular weight is 440 g/mol. The number of benzene rings is 2. The highest BCUT2D eigenvalue weighted by Crippen LogP contribution is 2.26. The lowest BCUT2D eigenvalue weighted by atomic mass is 10.0. The van der Waals surface area contributed by atoms with Gasteiger partial charge in [-0.3, -0.25) is 24.1 Å². The molecule has 31 heavy (non-hydrogen) atoms. The summed E-state index contributed by atoms with van der Waals surface area (Å²) in [6.45, 7) is 5.16. The molecule has 0 atom stereocenters. The third-order valence-electron chi connectivity index (χ3n) is 5.63. The lowest BCUT2D eigenvalue weighted by Crippen LogP contribution is -2.50. The second-order valence-electron chi connectivity index (χ2n) is 7.93. The fraction of sp³-hybridized carbons (Fsp3) is 0.304. The first-order valence-corrected chi connectivity index (χ1v) is 10.5. The molecular formula is C23H22ClN3O4. The van der Waals surface area contributed by atoms with E-state index in [0.29, 0.717) is 47.9 Å². The molecule has 2 aromatic carbocycles. The van der Waals surface area contributed by atoms with E-state index in [-0.39, 0.29) is 35.2 Å². The predicted octanol–water partition coefficient (Wildman–Crippen LogP) is 2.94. The Bertz CT molecular complexity index is 1070. The van der Waals surface area contributed by atoms with Crippen molar-refractivity contribution < 1.29 is 19.2 Å². The summed E-state index contributed by atoms with van der Waals surface area (Å²) < 4.78 is 0. The van der Waals surface area contributed by atoms with E-state index >= 15 is 0 Å². The number of amides is 4. The molecule has 1 fully saturated rings. The van der Waals surface area contributed by atoms with E-state index in [1.807, 2.05) is 0 Å². The quantitative estimate of drug-likeness (QED) is 0.689. The Kier molecular flexibility index (Phi) is 5.54. The Hall–Kier alpha value is -3.19. The molecule has 2 aromatic rings. The first-order chi connectivity index (χ1) is 14.8. The van der Waals surface area contributed by atoms with Crippen LogP contribution in [0.2, 0.25) is 5.02 Å². The molecule has 2 heterocycles. The van der Waals surface area contributed by atoms with Crippen LogP contribution in [0.3, 0.4) is 0 Å². The van der Waals surface area contributed by atoms with Crippen LogP contribution in [0.25, 0.3) is 0 Å². The smallest absolute Gasteiger partial charge is 0.261 e. The molecule has 0 unspecified atom stereocenters. The van der Waals surface area contributed by atoms with Crippen LogP contribution < -0.4 is 0 Å². The van der Waals surface area contributed by atoms with Crippen molar-refractivity contribution in [2.75, 3.05) is 26.2 Å². The van der Waals surface area contributed by atoms with Crippen LogP contribution in [-0.4, -0.2) is 70.5 Å². The maximum atomic E-state index is 13.0. The fourth-order valence-electron chi connectivity index (χ4n) is 3.93. The van der Waals surface area contributed by atoms with Gasteiger partial charge >= 0.3 is 0 Å². The van der Waals surface area contributed by atoms with Gasteiger partial charge in [0.25, 0.3) is 23.6 Å². The highest BCUT2D eigenvalue weighted by molar-refractivity contribution is 6.30. The van der Waals surface area contributed by atoms with Crippen LogP contribution >= 0.6 is 11.6 Å². The zero-order valence-electron chi connectivity index (χ0n) is 17.3. The molecular weight excluding hydrogens is 418 g/mol. The number of halogens is 1. The number of carbonyl (C=O) groups is 4. The molecule has 0 saturated carbocycles. The number of piperazine rings is 1. The number of fused-ring (bicyclic) bond motifs is 1. The molecule has 0 radical (unpaired) electrons. The van der Waals surface area contributed by atoms with E-state index in [1.165, 1.54) is 11.0 Å². The molecule has 0 bridgehead atoms. The molecule has 160 valence electrons. The van der Waals surface area contributed by atoms with Gasteiger partial charge in [-0.2, -0.15) is 0 Å². The van der Waals surface area contributed by atoms with E-state index in [9.17, 15) is 19.2 Å². The summed E-state index contributed by atoms with van der Waals surface area (Å²) in [4.78, 5) is 55.2. The van der Waals surface area contributed by atoms with E-state index in [2.05, 4.69) is 0 Å². The molecule has 0 aromatic heterocycles. The molecule has 2 aliphatic rings. The van der Waals surface area contributed by atoms with Crippen LogP contribution in [0.1, 0.15) is 55.3 Å². The van der Waals surface area contributed by atoms with Gasteiger partial charge in [0, 0.05) is 48.4 Å². The molecule has 0 aliphatic carbocycles. The van der Waals surface area contributed by atoms with E-state index < -0.39 is 0 Å². The Morgan fingerprint density at radius 1 is 0.774 bits per heavy atom. The third kappa shape index (κ3) is 3.81. The fourth-order valence-corrected chi connectivity index (χ4v) is 4.06. The Labute approximate surface area is 185 Å². The Morgan fingerprint density at radius 2 is 1.26 bits per heavy atom. The van der Waals surface area contributed by atoms with Crippen molar-refractivity contribution in [1.29, 1.82) is 0 Å². The first kappa shape index (κ1) is 21.1. The normalized spacial score (nSPS) is 16.2. The summed E-state index contributed by atoms with van der Waals surface area (Å²) in [5.74, 6) is -1.02. The van der Waals surface area contributed by atoms with Crippen LogP contribution in [-0.2, 0) is 0 Å². The van der Waals surface area contributed by atoms with Crippen molar-refractivity contribution in [3.8, 4) is 0 Å². The van der Waals surface area contributed by atoms with Gasteiger partial charge in [-0.1, -0.05) is 11.6 Å². The van der Waals surface area contributed by atoms with E-state index in [4.69, 9.17) is 11.6 Å². The van der Waals surface area contributed by atoms with Gasteiger partial charge in [-0.05, 0) is 56.3 Å². The van der Waals surface area contributed by atoms with Gasteiger partial charge in [0.05, 0.1) is 11.1 Å². The number of hydrogen-bond donors (Lipinski definition) is 0. The highest BCUT2D eigenvalue weighted by Gasteiger charge is 2.38. The second-order valence-corrected chi connectivity index (χ2v) is 8.36. The van der Waals surface area contributed by atoms with Crippen LogP contribution in [0.5, 0.6) is 0 Å². The van der Waals surface area contributed by atoms with Crippen molar-refractivity contribution in [2.24, 2.45) is 0 Å². The topological polar surface area (TPSA) is 78.0 Å². The van der Waals surface area contributed by atoms with Gasteiger partial charge < -0.3 is 9.80 Å². The molecule has 2 aliphatic heterocycles. The summed E-state index contributed by atoms with van der Waals surface area (Å²) in [5, 5.41) is 0.568. The molecule has 8 heteroatoms. The molecule has 4 rings (SSSR count). The Morgan fingerprint density at radius 3 is 1.81 bits per heavy atom. The minimum Gasteiger partial charge on any atom is -0.335 e. The maximum Gasteiger partial charge on any atom is 0.261 e. The number of rotatable bonds is 3. The number of nitrogens with zero attached hydrogens (tertiary/aromatic N) is 3. The average Bonchev–Trinajstić information content (AvgIpc) is 3.03. The maximum absolute atomic E-state index is 13.0. The van der Waals surface area contributed by atoms with Crippen molar-refractivity contribution in [3.63, 3.8) is 0 Å². The predicted molar refractivity (Wildman–Crippen MR) is 115 cm³/mol. The zero-order valence-corrected chi connectivity index (χ0v) is 18.1. The summed E-state index contributed by atoms with van der Waals surface area (Å²) in [6.07, 6.45) is 0. The third-order valence-corrected chi connectivity index (χ3v) is 5.88. The Balaban J connectivity index is 1.44. The lowest BCUT2D eigenvalue weighted by molar-refractivity contribution is 0.0535. The van der Waals surface area contributed by atoms with Crippen molar-refractivity contribution >= 4 is 35.2 Å². The van der Waals surface area contributed by atoms with Gasteiger partial charge in [-0.25, -0.2) is 0 Å². The van der Waals surface area contributed by atoms with Crippen LogP contribution in [0.15, 0.2) is 42.5 Å². The van der Waals surface area contributed by atoms with Gasteiger partial charge in [0.1, 0.15) is 0 Å². The number of hydrogen-bond acceptors (Lipinski definition) is 4. The van der Waals surface area contributed by atoms with E-state index in [1.54, 1.807) is 60.0 Å². The highest BCUT2D eigenvalue weighted by atomic mass is 35.5. The van der Waals surface area contributed by atoms with Crippen LogP contribution in [0.4, 0.5) is 0 Å². The van der Waals surface area contributed by atoms with Gasteiger partial charge in [0.2, 0.25) is 0 Å². The van der Waals surface area contributed by atoms with Crippen LogP contribution in [0, 0.1) is 0 Å². The van der Waals surface area contributed by atoms with Crippen molar-refractivity contribution in [3.05, 3.63) is 69.7 Å². The number of imide groups is 1. The molecule has 0 spiro atoms. The van der Waals surface area contributed by atoms with Crippen molar-refractivity contribution in [2.45, 2.75) is 19.9 Å². The van der Waals surface area contributed by atoms with Gasteiger partial charge in [0.15, 0.2) is 0 Å². The molecule has 1 saturated heterocycles. The summed E-state index contributed by atoms with van der Waals surface area (Å²) in [6, 6.07) is 11.1. The zero-order chi connectivity index (χ0) is 22.3. The number of carbonyl (C=O) groups excluding carboxylic acids is 4. The summed E-state index contributed by atoms with van der Waals surface area (Å²) in [7, 11) is 0. The minimum absolute atomic E-state index is 0.0980. The molecule has 7 nitrogen and oxygen atoms in total. The molecule has 4 amide bonds. The summed E-state index contributed by atoms with van der Waals surface area (Å²) >= 11 is 5.88. The van der Waals surface area contributed by atoms with Crippen molar-refractivity contribution in [1.82, 2.24) is 14.7 Å². The first-order valence-electron chi connectivity index (χ1n) is 10.1. The van der Waals surface area contributed by atoms with E-state index in [0.717, 1.165) is 0 Å². The molecule has 0 N–H and O–H groups in total. The standard InChI is InChI=1S/C23H22ClN3O4/c1-14(2)27-22(30)18-8-5-16(13-19(18)23(27)31)21(29)26-11-9-25(10-12-26)20(28)15-3-6-17(24)7-4-15/h3-8,13-14H,9-12H2,1-2H3. The minimum atomic E-state index is -0.372.